The summed E-state index contributed by atoms with van der Waals surface area (Å²) >= 11 is 0. The monoisotopic (exact) mass is 294 g/mol. The maximum Gasteiger partial charge on any atom is 0.339 e. The first-order valence-electron chi connectivity index (χ1n) is 6.79. The Balaban J connectivity index is 1.87. The summed E-state index contributed by atoms with van der Waals surface area (Å²) in [4.78, 5) is 22.6. The van der Waals surface area contributed by atoms with Gasteiger partial charge in [-0.05, 0) is 37.5 Å². The largest absolute Gasteiger partial charge is 0.507 e. The number of hydrogen-bond acceptors (Lipinski definition) is 4. The zero-order valence-electron chi connectivity index (χ0n) is 11.5. The summed E-state index contributed by atoms with van der Waals surface area (Å²) < 4.78 is 5.49. The predicted octanol–water partition coefficient (Wildman–Crippen LogP) is 1.78. The Kier molecular flexibility index (Phi) is 4.99. The second kappa shape index (κ2) is 6.94. The van der Waals surface area contributed by atoms with Gasteiger partial charge in [0.2, 0.25) is 0 Å². The van der Waals surface area contributed by atoms with Crippen LogP contribution in [0.3, 0.4) is 0 Å². The standard InChI is InChI=1S/C14H18N2O5/c17-12-5-4-9(7-11(12)13(18)19)16-14(20)15-8-10-3-1-2-6-21-10/h4-5,7,10,17H,1-3,6,8H2,(H,18,19)(H2,15,16,20). The number of carbonyl (C=O) groups excluding carboxylic acids is 1. The molecule has 0 aliphatic carbocycles. The zero-order chi connectivity index (χ0) is 15.2. The van der Waals surface area contributed by atoms with Crippen LogP contribution in [0, 0.1) is 0 Å². The van der Waals surface area contributed by atoms with Crippen molar-refractivity contribution in [1.82, 2.24) is 5.32 Å². The molecule has 0 saturated carbocycles. The number of ether oxygens (including phenoxy) is 1. The van der Waals surface area contributed by atoms with E-state index in [2.05, 4.69) is 10.6 Å². The maximum atomic E-state index is 11.7. The Morgan fingerprint density at radius 1 is 1.33 bits per heavy atom. The van der Waals surface area contributed by atoms with Crippen molar-refractivity contribution in [3.05, 3.63) is 23.8 Å². The zero-order valence-corrected chi connectivity index (χ0v) is 11.5. The first kappa shape index (κ1) is 15.1. The Morgan fingerprint density at radius 3 is 2.81 bits per heavy atom. The van der Waals surface area contributed by atoms with Crippen LogP contribution in [0.15, 0.2) is 18.2 Å². The van der Waals surface area contributed by atoms with Crippen LogP contribution in [0.1, 0.15) is 29.6 Å². The molecule has 1 aromatic carbocycles. The van der Waals surface area contributed by atoms with Gasteiger partial charge in [-0.15, -0.1) is 0 Å². The van der Waals surface area contributed by atoms with Gasteiger partial charge < -0.3 is 25.6 Å². The van der Waals surface area contributed by atoms with Gasteiger partial charge in [-0.3, -0.25) is 0 Å². The third kappa shape index (κ3) is 4.35. The van der Waals surface area contributed by atoms with E-state index in [4.69, 9.17) is 9.84 Å². The molecule has 1 saturated heterocycles. The molecule has 7 heteroatoms. The summed E-state index contributed by atoms with van der Waals surface area (Å²) in [7, 11) is 0. The fourth-order valence-electron chi connectivity index (χ4n) is 2.14. The van der Waals surface area contributed by atoms with Crippen LogP contribution in [0.2, 0.25) is 0 Å². The molecular weight excluding hydrogens is 276 g/mol. The number of phenols is 1. The highest BCUT2D eigenvalue weighted by atomic mass is 16.5. The van der Waals surface area contributed by atoms with Crippen LogP contribution in [-0.4, -0.2) is 41.5 Å². The average molecular weight is 294 g/mol. The summed E-state index contributed by atoms with van der Waals surface area (Å²) in [6.07, 6.45) is 3.09. The molecule has 1 heterocycles. The van der Waals surface area contributed by atoms with Gasteiger partial charge in [-0.2, -0.15) is 0 Å². The highest BCUT2D eigenvalue weighted by Crippen LogP contribution is 2.21. The van der Waals surface area contributed by atoms with Gasteiger partial charge in [-0.25, -0.2) is 9.59 Å². The van der Waals surface area contributed by atoms with Gasteiger partial charge >= 0.3 is 12.0 Å². The number of amides is 2. The predicted molar refractivity (Wildman–Crippen MR) is 75.7 cm³/mol. The third-order valence-electron chi connectivity index (χ3n) is 3.25. The number of urea groups is 1. The molecule has 1 unspecified atom stereocenters. The Bertz CT molecular complexity index is 526. The lowest BCUT2D eigenvalue weighted by molar-refractivity contribution is 0.0187. The Labute approximate surface area is 121 Å². The Morgan fingerprint density at radius 2 is 2.14 bits per heavy atom. The molecule has 21 heavy (non-hydrogen) atoms. The molecule has 0 spiro atoms. The summed E-state index contributed by atoms with van der Waals surface area (Å²) in [5.74, 6) is -1.60. The van der Waals surface area contributed by atoms with Crippen molar-refractivity contribution < 1.29 is 24.5 Å². The van der Waals surface area contributed by atoms with Crippen molar-refractivity contribution >= 4 is 17.7 Å². The van der Waals surface area contributed by atoms with Crippen LogP contribution in [0.4, 0.5) is 10.5 Å². The third-order valence-corrected chi connectivity index (χ3v) is 3.25. The van der Waals surface area contributed by atoms with Gasteiger partial charge in [0.1, 0.15) is 11.3 Å². The van der Waals surface area contributed by atoms with E-state index in [0.29, 0.717) is 18.8 Å². The van der Waals surface area contributed by atoms with Crippen molar-refractivity contribution in [1.29, 1.82) is 0 Å². The van der Waals surface area contributed by atoms with E-state index in [-0.39, 0.29) is 17.4 Å². The van der Waals surface area contributed by atoms with Gasteiger partial charge in [0.05, 0.1) is 6.10 Å². The fourth-order valence-corrected chi connectivity index (χ4v) is 2.14. The number of aromatic hydroxyl groups is 1. The van der Waals surface area contributed by atoms with Gasteiger partial charge in [-0.1, -0.05) is 0 Å². The molecule has 114 valence electrons. The minimum Gasteiger partial charge on any atom is -0.507 e. The highest BCUT2D eigenvalue weighted by molar-refractivity contribution is 5.95. The van der Waals surface area contributed by atoms with Crippen molar-refractivity contribution in [3.63, 3.8) is 0 Å². The number of carboxylic acid groups (broad SMARTS) is 1. The molecular formula is C14H18N2O5. The Hall–Kier alpha value is -2.28. The molecule has 1 aromatic rings. The first-order valence-corrected chi connectivity index (χ1v) is 6.79. The number of carboxylic acids is 1. The highest BCUT2D eigenvalue weighted by Gasteiger charge is 2.15. The number of benzene rings is 1. The van der Waals surface area contributed by atoms with Crippen molar-refractivity contribution in [2.24, 2.45) is 0 Å². The summed E-state index contributed by atoms with van der Waals surface area (Å²) in [6, 6.07) is 3.42. The molecule has 1 aliphatic heterocycles. The molecule has 1 aliphatic rings. The number of hydrogen-bond donors (Lipinski definition) is 4. The van der Waals surface area contributed by atoms with Crippen LogP contribution < -0.4 is 10.6 Å². The molecule has 1 atom stereocenters. The number of rotatable bonds is 4. The number of nitrogens with one attached hydrogen (secondary N) is 2. The fraction of sp³-hybridized carbons (Fsp3) is 0.429. The molecule has 7 nitrogen and oxygen atoms in total. The molecule has 4 N–H and O–H groups in total. The van der Waals surface area contributed by atoms with Crippen LogP contribution in [-0.2, 0) is 4.74 Å². The molecule has 2 amide bonds. The van der Waals surface area contributed by atoms with Crippen LogP contribution >= 0.6 is 0 Å². The number of carbonyl (C=O) groups is 2. The normalized spacial score (nSPS) is 18.0. The van der Waals surface area contributed by atoms with E-state index in [0.717, 1.165) is 19.3 Å². The molecule has 0 bridgehead atoms. The van der Waals surface area contributed by atoms with E-state index >= 15 is 0 Å². The molecule has 2 rings (SSSR count). The van der Waals surface area contributed by atoms with Crippen molar-refractivity contribution in [3.8, 4) is 5.75 Å². The minimum atomic E-state index is -1.26. The quantitative estimate of drug-likeness (QED) is 0.633. The smallest absolute Gasteiger partial charge is 0.339 e. The maximum absolute atomic E-state index is 11.7. The van der Waals surface area contributed by atoms with Gasteiger partial charge in [0.15, 0.2) is 0 Å². The van der Waals surface area contributed by atoms with E-state index < -0.39 is 12.0 Å². The average Bonchev–Trinajstić information content (AvgIpc) is 2.48. The first-order chi connectivity index (χ1) is 10.1. The lowest BCUT2D eigenvalue weighted by atomic mass is 10.1. The molecule has 1 fully saturated rings. The topological polar surface area (TPSA) is 108 Å². The van der Waals surface area contributed by atoms with Crippen molar-refractivity contribution in [2.45, 2.75) is 25.4 Å². The molecule has 0 aromatic heterocycles. The summed E-state index contributed by atoms with van der Waals surface area (Å²) in [5, 5.41) is 23.5. The van der Waals surface area contributed by atoms with Crippen LogP contribution in [0.25, 0.3) is 0 Å². The lowest BCUT2D eigenvalue weighted by Crippen LogP contribution is -2.37. The van der Waals surface area contributed by atoms with Crippen molar-refractivity contribution in [2.75, 3.05) is 18.5 Å². The summed E-state index contributed by atoms with van der Waals surface area (Å²) in [6.45, 7) is 1.13. The van der Waals surface area contributed by atoms with Gasteiger partial charge in [0, 0.05) is 18.8 Å². The van der Waals surface area contributed by atoms with E-state index in [1.165, 1.54) is 18.2 Å². The van der Waals surface area contributed by atoms with Gasteiger partial charge in [0.25, 0.3) is 0 Å². The lowest BCUT2D eigenvalue weighted by Gasteiger charge is -2.22. The number of aromatic carboxylic acids is 1. The second-order valence-corrected chi connectivity index (χ2v) is 4.86. The summed E-state index contributed by atoms with van der Waals surface area (Å²) in [5.41, 5.74) is 0.0377. The molecule has 0 radical (unpaired) electrons. The van der Waals surface area contributed by atoms with E-state index in [1.807, 2.05) is 0 Å². The van der Waals surface area contributed by atoms with E-state index in [1.54, 1.807) is 0 Å². The minimum absolute atomic E-state index is 0.0268. The number of anilines is 1. The van der Waals surface area contributed by atoms with E-state index in [9.17, 15) is 14.7 Å². The van der Waals surface area contributed by atoms with Crippen LogP contribution in [0.5, 0.6) is 5.75 Å². The second-order valence-electron chi connectivity index (χ2n) is 4.86. The SMILES string of the molecule is O=C(NCC1CCCCO1)Nc1ccc(O)c(C(=O)O)c1.